The lowest BCUT2D eigenvalue weighted by molar-refractivity contribution is 0.222. The molecule has 0 radical (unpaired) electrons. The zero-order chi connectivity index (χ0) is 14.8. The van der Waals surface area contributed by atoms with E-state index in [0.29, 0.717) is 0 Å². The van der Waals surface area contributed by atoms with E-state index in [1.807, 2.05) is 6.20 Å². The van der Waals surface area contributed by atoms with E-state index in [-0.39, 0.29) is 12.1 Å². The number of thiazole rings is 1. The highest BCUT2D eigenvalue weighted by molar-refractivity contribution is 7.11. The number of rotatable bonds is 5. The molecule has 112 valence electrons. The molecule has 0 aliphatic carbocycles. The summed E-state index contributed by atoms with van der Waals surface area (Å²) in [7, 11) is 0. The highest BCUT2D eigenvalue weighted by Gasteiger charge is 2.23. The van der Waals surface area contributed by atoms with Crippen LogP contribution < -0.4 is 10.1 Å². The Morgan fingerprint density at radius 2 is 2.33 bits per heavy atom. The monoisotopic (exact) mass is 302 g/mol. The fourth-order valence-corrected chi connectivity index (χ4v) is 3.53. The lowest BCUT2D eigenvalue weighted by Gasteiger charge is -2.15. The number of hydrogen-bond acceptors (Lipinski definition) is 4. The molecular formula is C17H22N2OS. The second-order valence-electron chi connectivity index (χ2n) is 5.70. The van der Waals surface area contributed by atoms with Gasteiger partial charge >= 0.3 is 0 Å². The summed E-state index contributed by atoms with van der Waals surface area (Å²) in [5, 5.41) is 4.72. The summed E-state index contributed by atoms with van der Waals surface area (Å²) in [6.45, 7) is 7.32. The van der Waals surface area contributed by atoms with E-state index in [1.165, 1.54) is 21.0 Å². The molecule has 2 atom stereocenters. The molecule has 0 fully saturated rings. The van der Waals surface area contributed by atoms with Crippen molar-refractivity contribution < 1.29 is 4.74 Å². The lowest BCUT2D eigenvalue weighted by atomic mass is 10.1. The predicted octanol–water partition coefficient (Wildman–Crippen LogP) is 3.67. The Morgan fingerprint density at radius 3 is 3.10 bits per heavy atom. The van der Waals surface area contributed by atoms with Gasteiger partial charge in [0.25, 0.3) is 0 Å². The molecule has 2 unspecified atom stereocenters. The zero-order valence-corrected chi connectivity index (χ0v) is 13.7. The minimum absolute atomic E-state index is 0.231. The van der Waals surface area contributed by atoms with Crippen molar-refractivity contribution in [1.29, 1.82) is 0 Å². The first-order valence-electron chi connectivity index (χ1n) is 7.60. The van der Waals surface area contributed by atoms with Gasteiger partial charge in [-0.15, -0.1) is 11.3 Å². The third-order valence-corrected chi connectivity index (χ3v) is 5.22. The molecule has 3 nitrogen and oxygen atoms in total. The Balaban J connectivity index is 1.54. The summed E-state index contributed by atoms with van der Waals surface area (Å²) in [6.07, 6.45) is 4.28. The number of hydrogen-bond donors (Lipinski definition) is 1. The van der Waals surface area contributed by atoms with Gasteiger partial charge in [0, 0.05) is 24.0 Å². The molecule has 1 aliphatic heterocycles. The minimum Gasteiger partial charge on any atom is -0.488 e. The van der Waals surface area contributed by atoms with Crippen LogP contribution in [0.5, 0.6) is 5.75 Å². The van der Waals surface area contributed by atoms with Crippen molar-refractivity contribution in [1.82, 2.24) is 10.3 Å². The van der Waals surface area contributed by atoms with E-state index in [0.717, 1.165) is 25.1 Å². The van der Waals surface area contributed by atoms with Crippen LogP contribution in [0.4, 0.5) is 0 Å². The van der Waals surface area contributed by atoms with E-state index >= 15 is 0 Å². The summed E-state index contributed by atoms with van der Waals surface area (Å²) in [5.74, 6) is 1.04. The van der Waals surface area contributed by atoms with Crippen LogP contribution in [0.1, 0.15) is 40.9 Å². The number of fused-ring (bicyclic) bond motifs is 1. The highest BCUT2D eigenvalue weighted by atomic mass is 32.1. The zero-order valence-electron chi connectivity index (χ0n) is 12.8. The highest BCUT2D eigenvalue weighted by Crippen LogP contribution is 2.29. The maximum atomic E-state index is 6.00. The van der Waals surface area contributed by atoms with Crippen molar-refractivity contribution in [3.05, 3.63) is 45.4 Å². The normalized spacial score (nSPS) is 18.3. The molecule has 0 saturated heterocycles. The van der Waals surface area contributed by atoms with Gasteiger partial charge in [-0.3, -0.25) is 0 Å². The van der Waals surface area contributed by atoms with Crippen LogP contribution in [0.3, 0.4) is 0 Å². The van der Waals surface area contributed by atoms with E-state index in [9.17, 15) is 0 Å². The molecule has 21 heavy (non-hydrogen) atoms. The molecule has 0 amide bonds. The van der Waals surface area contributed by atoms with Gasteiger partial charge in [-0.25, -0.2) is 4.98 Å². The first kappa shape index (κ1) is 14.5. The quantitative estimate of drug-likeness (QED) is 0.915. The molecule has 1 N–H and O–H groups in total. The number of benzene rings is 1. The van der Waals surface area contributed by atoms with Crippen molar-refractivity contribution >= 4 is 11.3 Å². The van der Waals surface area contributed by atoms with Crippen LogP contribution in [0, 0.1) is 6.92 Å². The molecule has 2 heterocycles. The maximum Gasteiger partial charge on any atom is 0.123 e. The average Bonchev–Trinajstić information content (AvgIpc) is 3.10. The Morgan fingerprint density at radius 1 is 1.48 bits per heavy atom. The van der Waals surface area contributed by atoms with Gasteiger partial charge in [0.1, 0.15) is 16.9 Å². The number of aryl methyl sites for hydroxylation is 2. The first-order chi connectivity index (χ1) is 10.2. The molecule has 2 aromatic rings. The van der Waals surface area contributed by atoms with Gasteiger partial charge in [-0.1, -0.05) is 24.6 Å². The van der Waals surface area contributed by atoms with Crippen molar-refractivity contribution in [3.63, 3.8) is 0 Å². The minimum atomic E-state index is 0.231. The third kappa shape index (κ3) is 3.27. The van der Waals surface area contributed by atoms with Crippen molar-refractivity contribution in [2.75, 3.05) is 6.54 Å². The molecule has 1 aromatic carbocycles. The van der Waals surface area contributed by atoms with Gasteiger partial charge in [0.15, 0.2) is 0 Å². The summed E-state index contributed by atoms with van der Waals surface area (Å²) >= 11 is 1.80. The van der Waals surface area contributed by atoms with Gasteiger partial charge in [-0.2, -0.15) is 0 Å². The van der Waals surface area contributed by atoms with Gasteiger partial charge in [0.05, 0.1) is 6.04 Å². The number of aromatic nitrogens is 1. The standard InChI is InChI=1S/C17H22N2OS/c1-4-15-10-19-17(21-15)12(3)18-9-14-8-13-7-11(2)5-6-16(13)20-14/h5-7,10,12,14,18H,4,8-9H2,1-3H3. The maximum absolute atomic E-state index is 6.00. The third-order valence-electron chi connectivity index (χ3n) is 3.90. The van der Waals surface area contributed by atoms with Crippen LogP contribution >= 0.6 is 11.3 Å². The van der Waals surface area contributed by atoms with E-state index < -0.39 is 0 Å². The van der Waals surface area contributed by atoms with Crippen molar-refractivity contribution in [2.45, 2.75) is 45.8 Å². The Bertz CT molecular complexity index is 623. The van der Waals surface area contributed by atoms with Crippen molar-refractivity contribution in [2.24, 2.45) is 0 Å². The summed E-state index contributed by atoms with van der Waals surface area (Å²) in [6, 6.07) is 6.71. The summed E-state index contributed by atoms with van der Waals surface area (Å²) in [4.78, 5) is 5.84. The van der Waals surface area contributed by atoms with Gasteiger partial charge in [0.2, 0.25) is 0 Å². The predicted molar refractivity (Wildman–Crippen MR) is 87.2 cm³/mol. The largest absolute Gasteiger partial charge is 0.488 e. The van der Waals surface area contributed by atoms with Gasteiger partial charge in [-0.05, 0) is 31.9 Å². The molecule has 0 bridgehead atoms. The van der Waals surface area contributed by atoms with Crippen LogP contribution in [0.25, 0.3) is 0 Å². The topological polar surface area (TPSA) is 34.2 Å². The number of ether oxygens (including phenoxy) is 1. The fourth-order valence-electron chi connectivity index (χ4n) is 2.64. The second kappa shape index (κ2) is 6.16. The van der Waals surface area contributed by atoms with Crippen molar-refractivity contribution in [3.8, 4) is 5.75 Å². The molecule has 0 spiro atoms. The SMILES string of the molecule is CCc1cnc(C(C)NCC2Cc3cc(C)ccc3O2)s1. The molecule has 3 rings (SSSR count). The Hall–Kier alpha value is -1.39. The second-order valence-corrected chi connectivity index (χ2v) is 6.85. The van der Waals surface area contributed by atoms with Crippen LogP contribution in [0.15, 0.2) is 24.4 Å². The summed E-state index contributed by atoms with van der Waals surface area (Å²) < 4.78 is 6.00. The molecule has 1 aromatic heterocycles. The summed E-state index contributed by atoms with van der Waals surface area (Å²) in [5.41, 5.74) is 2.63. The number of nitrogens with one attached hydrogen (secondary N) is 1. The van der Waals surface area contributed by atoms with Crippen LogP contribution in [0.2, 0.25) is 0 Å². The average molecular weight is 302 g/mol. The fraction of sp³-hybridized carbons (Fsp3) is 0.471. The Labute approximate surface area is 130 Å². The van der Waals surface area contributed by atoms with E-state index in [1.54, 1.807) is 11.3 Å². The van der Waals surface area contributed by atoms with Crippen LogP contribution in [-0.4, -0.2) is 17.6 Å². The van der Waals surface area contributed by atoms with Gasteiger partial charge < -0.3 is 10.1 Å². The molecule has 1 aliphatic rings. The van der Waals surface area contributed by atoms with E-state index in [2.05, 4.69) is 49.3 Å². The Kier molecular flexibility index (Phi) is 4.27. The molecule has 0 saturated carbocycles. The van der Waals surface area contributed by atoms with E-state index in [4.69, 9.17) is 4.74 Å². The smallest absolute Gasteiger partial charge is 0.123 e. The van der Waals surface area contributed by atoms with Crippen LogP contribution in [-0.2, 0) is 12.8 Å². The molecular weight excluding hydrogens is 280 g/mol. The molecule has 4 heteroatoms. The number of nitrogens with zero attached hydrogens (tertiary/aromatic N) is 1. The first-order valence-corrected chi connectivity index (χ1v) is 8.41. The lowest BCUT2D eigenvalue weighted by Crippen LogP contribution is -2.31.